The first kappa shape index (κ1) is 21.1. The summed E-state index contributed by atoms with van der Waals surface area (Å²) in [4.78, 5) is 36.1. The lowest BCUT2D eigenvalue weighted by atomic mass is 9.75. The highest BCUT2D eigenvalue weighted by Gasteiger charge is 2.38. The van der Waals surface area contributed by atoms with E-state index in [0.717, 1.165) is 0 Å². The summed E-state index contributed by atoms with van der Waals surface area (Å²) in [6.45, 7) is 6.54. The summed E-state index contributed by atoms with van der Waals surface area (Å²) in [7, 11) is 0. The van der Waals surface area contributed by atoms with E-state index in [1.54, 1.807) is 52.0 Å². The van der Waals surface area contributed by atoms with Crippen molar-refractivity contribution in [3.63, 3.8) is 0 Å². The largest absolute Gasteiger partial charge is 0.460 e. The van der Waals surface area contributed by atoms with Crippen molar-refractivity contribution in [3.05, 3.63) is 56.1 Å². The number of nitrogens with zero attached hydrogens (tertiary/aromatic N) is 1. The normalized spacial score (nSPS) is 19.0. The number of nitro groups is 1. The molecule has 27 heavy (non-hydrogen) atoms. The number of benzene rings is 1. The van der Waals surface area contributed by atoms with E-state index in [-0.39, 0.29) is 12.2 Å². The molecule has 1 aliphatic carbocycles. The van der Waals surface area contributed by atoms with Crippen molar-refractivity contribution >= 4 is 23.4 Å². The van der Waals surface area contributed by atoms with Crippen LogP contribution in [0.15, 0.2) is 35.4 Å². The van der Waals surface area contributed by atoms with Crippen LogP contribution in [0.1, 0.15) is 52.0 Å². The number of hydrogen-bond donors (Lipinski definition) is 0. The first-order valence-electron chi connectivity index (χ1n) is 8.84. The number of rotatable bonds is 5. The number of carbonyl (C=O) groups excluding carboxylic acids is 2. The molecule has 0 bridgehead atoms. The molecule has 146 valence electrons. The Labute approximate surface area is 163 Å². The highest BCUT2D eigenvalue weighted by atomic mass is 35.5. The minimum absolute atomic E-state index is 0.148. The number of hydrogen-bond acceptors (Lipinski definition) is 5. The van der Waals surface area contributed by atoms with Crippen LogP contribution in [0.3, 0.4) is 0 Å². The number of ether oxygens (including phenoxy) is 1. The standard InChI is InChI=1S/C20H24ClNO5/c1-12-13(19(24)27-20(2,3)4)9-10-17(23)18(12)15(11-22(25)26)14-7-5-6-8-16(14)21/h5-8,13,15H,9-11H2,1-4H3/t13-,15-/m0/s1. The lowest BCUT2D eigenvalue weighted by molar-refractivity contribution is -0.481. The Hall–Kier alpha value is -2.21. The van der Waals surface area contributed by atoms with Crippen molar-refractivity contribution in [2.24, 2.45) is 5.92 Å². The van der Waals surface area contributed by atoms with Crippen LogP contribution in [0.5, 0.6) is 0 Å². The van der Waals surface area contributed by atoms with Gasteiger partial charge in [-0.3, -0.25) is 19.7 Å². The van der Waals surface area contributed by atoms with Crippen molar-refractivity contribution < 1.29 is 19.2 Å². The Morgan fingerprint density at radius 1 is 1.37 bits per heavy atom. The van der Waals surface area contributed by atoms with E-state index in [1.165, 1.54) is 0 Å². The van der Waals surface area contributed by atoms with E-state index in [1.807, 2.05) is 0 Å². The molecule has 6 nitrogen and oxygen atoms in total. The maximum atomic E-state index is 12.7. The second-order valence-corrected chi connectivity index (χ2v) is 8.14. The van der Waals surface area contributed by atoms with Crippen molar-refractivity contribution in [2.75, 3.05) is 6.54 Å². The Bertz CT molecular complexity index is 794. The molecule has 1 aromatic rings. The zero-order valence-electron chi connectivity index (χ0n) is 16.0. The van der Waals surface area contributed by atoms with Gasteiger partial charge in [-0.05, 0) is 45.7 Å². The molecular weight excluding hydrogens is 370 g/mol. The lowest BCUT2D eigenvalue weighted by Gasteiger charge is -2.30. The second-order valence-electron chi connectivity index (χ2n) is 7.73. The average Bonchev–Trinajstić information content (AvgIpc) is 2.52. The first-order chi connectivity index (χ1) is 12.5. The average molecular weight is 394 g/mol. The predicted octanol–water partition coefficient (Wildman–Crippen LogP) is 4.34. The van der Waals surface area contributed by atoms with Gasteiger partial charge in [-0.25, -0.2) is 0 Å². The zero-order valence-corrected chi connectivity index (χ0v) is 16.7. The number of carbonyl (C=O) groups is 2. The van der Waals surface area contributed by atoms with E-state index in [2.05, 4.69) is 0 Å². The molecule has 0 saturated carbocycles. The molecule has 0 amide bonds. The van der Waals surface area contributed by atoms with E-state index < -0.39 is 34.9 Å². The second kappa shape index (κ2) is 8.21. The molecule has 0 unspecified atom stereocenters. The summed E-state index contributed by atoms with van der Waals surface area (Å²) >= 11 is 6.26. The summed E-state index contributed by atoms with van der Waals surface area (Å²) in [5.74, 6) is -1.98. The number of esters is 1. The fourth-order valence-electron chi connectivity index (χ4n) is 3.42. The maximum Gasteiger partial charge on any atom is 0.313 e. The van der Waals surface area contributed by atoms with Gasteiger partial charge in [0.2, 0.25) is 6.54 Å². The molecular formula is C20H24ClNO5. The van der Waals surface area contributed by atoms with Gasteiger partial charge in [-0.1, -0.05) is 35.4 Å². The Morgan fingerprint density at radius 3 is 2.56 bits per heavy atom. The van der Waals surface area contributed by atoms with Gasteiger partial charge in [0, 0.05) is 21.9 Å². The molecule has 7 heteroatoms. The van der Waals surface area contributed by atoms with Gasteiger partial charge in [0.15, 0.2) is 5.78 Å². The van der Waals surface area contributed by atoms with E-state index in [0.29, 0.717) is 28.2 Å². The van der Waals surface area contributed by atoms with Crippen LogP contribution >= 0.6 is 11.6 Å². The summed E-state index contributed by atoms with van der Waals surface area (Å²) < 4.78 is 5.48. The van der Waals surface area contributed by atoms with Crippen LogP contribution in [0.4, 0.5) is 0 Å². The van der Waals surface area contributed by atoms with Crippen molar-refractivity contribution in [3.8, 4) is 0 Å². The number of Topliss-reactive ketones (excluding diaryl/α,β-unsaturated/α-hetero) is 1. The molecule has 0 aromatic heterocycles. The van der Waals surface area contributed by atoms with E-state index in [4.69, 9.17) is 16.3 Å². The van der Waals surface area contributed by atoms with Crippen LogP contribution in [0.25, 0.3) is 0 Å². The SMILES string of the molecule is CC1=C([C@@H](C[N+](=O)[O-])c2ccccc2Cl)C(=O)CC[C@@H]1C(=O)OC(C)(C)C. The molecule has 0 heterocycles. The monoisotopic (exact) mass is 393 g/mol. The summed E-state index contributed by atoms with van der Waals surface area (Å²) in [6.07, 6.45) is 0.492. The Balaban J connectivity index is 2.52. The minimum atomic E-state index is -0.800. The Kier molecular flexibility index (Phi) is 6.42. The maximum absolute atomic E-state index is 12.7. The number of ketones is 1. The van der Waals surface area contributed by atoms with Gasteiger partial charge in [0.1, 0.15) is 5.60 Å². The van der Waals surface area contributed by atoms with E-state index >= 15 is 0 Å². The molecule has 0 spiro atoms. The lowest BCUT2D eigenvalue weighted by Crippen LogP contribution is -2.34. The van der Waals surface area contributed by atoms with Crippen LogP contribution in [-0.4, -0.2) is 28.8 Å². The molecule has 0 aliphatic heterocycles. The molecule has 1 aliphatic rings. The van der Waals surface area contributed by atoms with Gasteiger partial charge in [-0.15, -0.1) is 0 Å². The van der Waals surface area contributed by atoms with Crippen LogP contribution in [0.2, 0.25) is 5.02 Å². The third-order valence-electron chi connectivity index (χ3n) is 4.56. The van der Waals surface area contributed by atoms with Crippen molar-refractivity contribution in [2.45, 2.75) is 52.1 Å². The first-order valence-corrected chi connectivity index (χ1v) is 9.22. The molecule has 2 atom stereocenters. The summed E-state index contributed by atoms with van der Waals surface area (Å²) in [5, 5.41) is 11.6. The molecule has 1 aromatic carbocycles. The van der Waals surface area contributed by atoms with Crippen LogP contribution in [0, 0.1) is 16.0 Å². The quantitative estimate of drug-likeness (QED) is 0.422. The molecule has 0 radical (unpaired) electrons. The zero-order chi connectivity index (χ0) is 20.4. The highest BCUT2D eigenvalue weighted by molar-refractivity contribution is 6.31. The number of halogens is 1. The summed E-state index contributed by atoms with van der Waals surface area (Å²) in [5.41, 5.74) is 0.708. The van der Waals surface area contributed by atoms with Gasteiger partial charge >= 0.3 is 5.97 Å². The molecule has 2 rings (SSSR count). The minimum Gasteiger partial charge on any atom is -0.460 e. The molecule has 0 N–H and O–H groups in total. The predicted molar refractivity (Wildman–Crippen MR) is 102 cm³/mol. The summed E-state index contributed by atoms with van der Waals surface area (Å²) in [6, 6.07) is 6.77. The van der Waals surface area contributed by atoms with Crippen molar-refractivity contribution in [1.82, 2.24) is 0 Å². The van der Waals surface area contributed by atoms with Crippen molar-refractivity contribution in [1.29, 1.82) is 0 Å². The van der Waals surface area contributed by atoms with E-state index in [9.17, 15) is 19.7 Å². The fraction of sp³-hybridized carbons (Fsp3) is 0.500. The highest BCUT2D eigenvalue weighted by Crippen LogP contribution is 2.39. The topological polar surface area (TPSA) is 86.5 Å². The third kappa shape index (κ3) is 5.16. The smallest absolute Gasteiger partial charge is 0.313 e. The van der Waals surface area contributed by atoms with Crippen LogP contribution < -0.4 is 0 Å². The Morgan fingerprint density at radius 2 is 2.00 bits per heavy atom. The third-order valence-corrected chi connectivity index (χ3v) is 4.90. The fourth-order valence-corrected chi connectivity index (χ4v) is 3.69. The van der Waals surface area contributed by atoms with Crippen LogP contribution in [-0.2, 0) is 14.3 Å². The van der Waals surface area contributed by atoms with Gasteiger partial charge in [-0.2, -0.15) is 0 Å². The van der Waals surface area contributed by atoms with Gasteiger partial charge in [0.05, 0.1) is 11.8 Å². The van der Waals surface area contributed by atoms with Gasteiger partial charge in [0.25, 0.3) is 0 Å². The molecule has 0 fully saturated rings. The molecule has 0 saturated heterocycles. The van der Waals surface area contributed by atoms with Gasteiger partial charge < -0.3 is 4.74 Å².